The summed E-state index contributed by atoms with van der Waals surface area (Å²) in [6.45, 7) is 2.24. The van der Waals surface area contributed by atoms with Crippen LogP contribution in [-0.4, -0.2) is 17.6 Å². The molecule has 0 aromatic heterocycles. The summed E-state index contributed by atoms with van der Waals surface area (Å²) >= 11 is 0. The first-order valence-corrected chi connectivity index (χ1v) is 4.98. The van der Waals surface area contributed by atoms with E-state index in [9.17, 15) is 0 Å². The van der Waals surface area contributed by atoms with Gasteiger partial charge in [-0.05, 0) is 11.1 Å². The van der Waals surface area contributed by atoms with E-state index >= 15 is 0 Å². The predicted octanol–water partition coefficient (Wildman–Crippen LogP) is 2.39. The van der Waals surface area contributed by atoms with Crippen LogP contribution in [0, 0.1) is 0 Å². The van der Waals surface area contributed by atoms with Gasteiger partial charge in [-0.3, -0.25) is 0 Å². The Morgan fingerprint density at radius 2 is 1.00 bits per heavy atom. The Labute approximate surface area is 102 Å². The standard InChI is InChI=1S/C14H14.GeH4/c1-12(13-8-4-2-5-9-13)14-10-6-3-7-11-14;/h2-12H,1H3;1H4. The normalized spacial score (nSPS) is 9.73. The Hall–Kier alpha value is -1.02. The first-order valence-electron chi connectivity index (χ1n) is 4.98. The monoisotopic (exact) mass is 260 g/mol. The van der Waals surface area contributed by atoms with Crippen molar-refractivity contribution in [2.75, 3.05) is 0 Å². The molecule has 0 bridgehead atoms. The van der Waals surface area contributed by atoms with Crippen molar-refractivity contribution >= 4 is 17.6 Å². The fraction of sp³-hybridized carbons (Fsp3) is 0.143. The third kappa shape index (κ3) is 2.96. The van der Waals surface area contributed by atoms with Crippen LogP contribution in [0.3, 0.4) is 0 Å². The van der Waals surface area contributed by atoms with Gasteiger partial charge in [-0.25, -0.2) is 0 Å². The maximum absolute atomic E-state index is 2.24. The van der Waals surface area contributed by atoms with Crippen LogP contribution in [0.15, 0.2) is 60.7 Å². The van der Waals surface area contributed by atoms with Crippen LogP contribution in [0.4, 0.5) is 0 Å². The molecule has 0 aliphatic carbocycles. The molecule has 0 aliphatic heterocycles. The van der Waals surface area contributed by atoms with E-state index in [0.717, 1.165) is 0 Å². The molecule has 0 N–H and O–H groups in total. The molecule has 0 atom stereocenters. The predicted molar refractivity (Wildman–Crippen MR) is 71.7 cm³/mol. The van der Waals surface area contributed by atoms with E-state index in [4.69, 9.17) is 0 Å². The van der Waals surface area contributed by atoms with Gasteiger partial charge in [0.1, 0.15) is 0 Å². The molecule has 2 aromatic rings. The molecule has 2 aromatic carbocycles. The van der Waals surface area contributed by atoms with Crippen LogP contribution < -0.4 is 0 Å². The van der Waals surface area contributed by atoms with Gasteiger partial charge in [0.15, 0.2) is 0 Å². The number of benzene rings is 2. The van der Waals surface area contributed by atoms with Gasteiger partial charge in [-0.1, -0.05) is 67.6 Å². The van der Waals surface area contributed by atoms with E-state index in [1.165, 1.54) is 11.1 Å². The fourth-order valence-electron chi connectivity index (χ4n) is 1.68. The molecule has 0 saturated carbocycles. The van der Waals surface area contributed by atoms with Gasteiger partial charge in [-0.2, -0.15) is 0 Å². The third-order valence-corrected chi connectivity index (χ3v) is 2.60. The molecular formula is C14H18Ge. The van der Waals surface area contributed by atoms with Crippen LogP contribution in [0.2, 0.25) is 0 Å². The third-order valence-electron chi connectivity index (χ3n) is 2.60. The topological polar surface area (TPSA) is 0 Å². The van der Waals surface area contributed by atoms with Crippen LogP contribution in [-0.2, 0) is 0 Å². The summed E-state index contributed by atoms with van der Waals surface area (Å²) in [5.74, 6) is 0.484. The van der Waals surface area contributed by atoms with Gasteiger partial charge in [-0.15, -0.1) is 0 Å². The Kier molecular flexibility index (Phi) is 4.63. The molecular weight excluding hydrogens is 241 g/mol. The molecule has 0 aliphatic rings. The summed E-state index contributed by atoms with van der Waals surface area (Å²) in [5.41, 5.74) is 2.75. The molecule has 0 saturated heterocycles. The van der Waals surface area contributed by atoms with Gasteiger partial charge in [0.05, 0.1) is 0 Å². The van der Waals surface area contributed by atoms with Crippen LogP contribution in [0.25, 0.3) is 0 Å². The summed E-state index contributed by atoms with van der Waals surface area (Å²) in [6, 6.07) is 21.2. The summed E-state index contributed by atoms with van der Waals surface area (Å²) in [6.07, 6.45) is 0. The molecule has 0 spiro atoms. The molecule has 0 amide bonds. The van der Waals surface area contributed by atoms with Crippen LogP contribution >= 0.6 is 0 Å². The van der Waals surface area contributed by atoms with Crippen molar-refractivity contribution in [3.63, 3.8) is 0 Å². The van der Waals surface area contributed by atoms with Gasteiger partial charge >= 0.3 is 17.6 Å². The van der Waals surface area contributed by atoms with Crippen molar-refractivity contribution < 1.29 is 0 Å². The average molecular weight is 259 g/mol. The van der Waals surface area contributed by atoms with Crippen molar-refractivity contribution in [2.45, 2.75) is 12.8 Å². The molecule has 15 heavy (non-hydrogen) atoms. The maximum atomic E-state index is 2.24. The Morgan fingerprint density at radius 3 is 1.33 bits per heavy atom. The Bertz CT molecular complexity index is 341. The van der Waals surface area contributed by atoms with E-state index in [2.05, 4.69) is 67.6 Å². The van der Waals surface area contributed by atoms with E-state index in [1.54, 1.807) is 0 Å². The van der Waals surface area contributed by atoms with Crippen molar-refractivity contribution in [3.05, 3.63) is 71.8 Å². The number of rotatable bonds is 2. The minimum absolute atomic E-state index is 0. The van der Waals surface area contributed by atoms with Gasteiger partial charge in [0.25, 0.3) is 0 Å². The quantitative estimate of drug-likeness (QED) is 0.726. The van der Waals surface area contributed by atoms with Gasteiger partial charge < -0.3 is 0 Å². The van der Waals surface area contributed by atoms with Crippen LogP contribution in [0.5, 0.6) is 0 Å². The fourth-order valence-corrected chi connectivity index (χ4v) is 1.68. The first kappa shape index (κ1) is 12.1. The summed E-state index contributed by atoms with van der Waals surface area (Å²) in [4.78, 5) is 0. The zero-order valence-electron chi connectivity index (χ0n) is 8.35. The minimum atomic E-state index is 0. The van der Waals surface area contributed by atoms with E-state index < -0.39 is 0 Å². The second kappa shape index (κ2) is 5.76. The number of hydrogen-bond acceptors (Lipinski definition) is 0. The van der Waals surface area contributed by atoms with Crippen molar-refractivity contribution in [3.8, 4) is 0 Å². The first-order chi connectivity index (χ1) is 6.88. The van der Waals surface area contributed by atoms with E-state index in [-0.39, 0.29) is 17.6 Å². The summed E-state index contributed by atoms with van der Waals surface area (Å²) in [7, 11) is 0. The van der Waals surface area contributed by atoms with Crippen LogP contribution in [0.1, 0.15) is 24.0 Å². The molecule has 0 nitrogen and oxygen atoms in total. The van der Waals surface area contributed by atoms with Gasteiger partial charge in [0, 0.05) is 5.92 Å². The molecule has 78 valence electrons. The molecule has 0 heterocycles. The molecule has 1 heteroatoms. The van der Waals surface area contributed by atoms with Crippen molar-refractivity contribution in [1.29, 1.82) is 0 Å². The summed E-state index contributed by atoms with van der Waals surface area (Å²) in [5, 5.41) is 0. The molecule has 0 radical (unpaired) electrons. The second-order valence-electron chi connectivity index (χ2n) is 3.54. The molecule has 2 rings (SSSR count). The van der Waals surface area contributed by atoms with Crippen molar-refractivity contribution in [1.82, 2.24) is 0 Å². The zero-order valence-corrected chi connectivity index (χ0v) is 8.35. The molecule has 0 unspecified atom stereocenters. The van der Waals surface area contributed by atoms with E-state index in [0.29, 0.717) is 5.92 Å². The Morgan fingerprint density at radius 1 is 0.667 bits per heavy atom. The number of hydrogen-bond donors (Lipinski definition) is 0. The average Bonchev–Trinajstić information content (AvgIpc) is 2.30. The van der Waals surface area contributed by atoms with Crippen molar-refractivity contribution in [2.24, 2.45) is 0 Å². The zero-order chi connectivity index (χ0) is 9.80. The molecule has 0 fully saturated rings. The summed E-state index contributed by atoms with van der Waals surface area (Å²) < 4.78 is 0. The van der Waals surface area contributed by atoms with E-state index in [1.807, 2.05) is 0 Å². The van der Waals surface area contributed by atoms with Gasteiger partial charge in [0.2, 0.25) is 0 Å². The second-order valence-corrected chi connectivity index (χ2v) is 3.54. The Balaban J connectivity index is 0.00000112. The SMILES string of the molecule is CC(c1ccccc1)c1ccccc1.[GeH4].